The van der Waals surface area contributed by atoms with Crippen molar-refractivity contribution in [3.8, 4) is 5.75 Å². The number of nitrogens with one attached hydrogen (secondary N) is 2. The summed E-state index contributed by atoms with van der Waals surface area (Å²) in [5.74, 6) is 0.205. The minimum absolute atomic E-state index is 0.0437. The minimum Gasteiger partial charge on any atom is -0.497 e. The molecule has 2 aromatic carbocycles. The number of nitro groups is 1. The number of benzene rings is 2. The molecule has 0 bridgehead atoms. The second kappa shape index (κ2) is 8.55. The molecule has 0 fully saturated rings. The van der Waals surface area contributed by atoms with Gasteiger partial charge in [0.25, 0.3) is 5.69 Å². The summed E-state index contributed by atoms with van der Waals surface area (Å²) in [5.41, 5.74) is 1.17. The van der Waals surface area contributed by atoms with E-state index < -0.39 is 10.8 Å². The topological polar surface area (TPSA) is 93.5 Å². The van der Waals surface area contributed by atoms with E-state index in [1.54, 1.807) is 43.5 Å². The zero-order chi connectivity index (χ0) is 18.2. The van der Waals surface area contributed by atoms with Gasteiger partial charge in [0.2, 0.25) is 5.91 Å². The quantitative estimate of drug-likeness (QED) is 0.370. The molecule has 0 atom stereocenters. The van der Waals surface area contributed by atoms with E-state index in [0.29, 0.717) is 17.0 Å². The van der Waals surface area contributed by atoms with Crippen LogP contribution in [0.3, 0.4) is 0 Å². The fourth-order valence-electron chi connectivity index (χ4n) is 1.93. The molecule has 0 radical (unpaired) electrons. The van der Waals surface area contributed by atoms with E-state index in [0.717, 1.165) is 0 Å². The molecule has 0 heterocycles. The molecular weight excluding hydrogens is 342 g/mol. The molecule has 2 N–H and O–H groups in total. The van der Waals surface area contributed by atoms with E-state index in [1.807, 2.05) is 0 Å². The molecule has 0 saturated heterocycles. The normalized spacial score (nSPS) is 10.3. The SMILES string of the molecule is COc1cccc(NC(=S)NC(=O)C=Cc2cccc([N+](=O)[O-])c2)c1. The first-order valence-corrected chi connectivity index (χ1v) is 7.57. The van der Waals surface area contributed by atoms with Gasteiger partial charge in [0, 0.05) is 30.0 Å². The minimum atomic E-state index is -0.495. The molecule has 0 spiro atoms. The van der Waals surface area contributed by atoms with Crippen LogP contribution in [-0.2, 0) is 4.79 Å². The zero-order valence-electron chi connectivity index (χ0n) is 13.3. The number of nitro benzene ring substituents is 1. The van der Waals surface area contributed by atoms with Crippen molar-refractivity contribution in [2.45, 2.75) is 0 Å². The Morgan fingerprint density at radius 1 is 1.24 bits per heavy atom. The number of ether oxygens (including phenoxy) is 1. The van der Waals surface area contributed by atoms with Crippen molar-refractivity contribution in [1.29, 1.82) is 0 Å². The van der Waals surface area contributed by atoms with E-state index in [1.165, 1.54) is 24.3 Å². The highest BCUT2D eigenvalue weighted by molar-refractivity contribution is 7.80. The van der Waals surface area contributed by atoms with Gasteiger partial charge in [0.05, 0.1) is 12.0 Å². The molecule has 25 heavy (non-hydrogen) atoms. The molecule has 2 rings (SSSR count). The standard InChI is InChI=1S/C17H15N3O4S/c1-24-15-7-3-5-13(11-15)18-17(25)19-16(21)9-8-12-4-2-6-14(10-12)20(22)23/h2-11H,1H3,(H2,18,19,21,25). The Morgan fingerprint density at radius 3 is 2.72 bits per heavy atom. The number of rotatable bonds is 5. The van der Waals surface area contributed by atoms with Crippen LogP contribution >= 0.6 is 12.2 Å². The maximum atomic E-state index is 11.9. The number of amides is 1. The van der Waals surface area contributed by atoms with Crippen molar-refractivity contribution in [2.24, 2.45) is 0 Å². The number of methoxy groups -OCH3 is 1. The summed E-state index contributed by atoms with van der Waals surface area (Å²) in [6, 6.07) is 13.0. The highest BCUT2D eigenvalue weighted by Gasteiger charge is 2.05. The predicted molar refractivity (Wildman–Crippen MR) is 99.5 cm³/mol. The van der Waals surface area contributed by atoms with Crippen LogP contribution in [-0.4, -0.2) is 23.1 Å². The van der Waals surface area contributed by atoms with E-state index >= 15 is 0 Å². The molecule has 0 saturated carbocycles. The molecule has 0 aliphatic heterocycles. The van der Waals surface area contributed by atoms with Crippen molar-refractivity contribution >= 4 is 40.7 Å². The van der Waals surface area contributed by atoms with Crippen molar-refractivity contribution in [2.75, 3.05) is 12.4 Å². The number of non-ortho nitro benzene ring substituents is 1. The maximum absolute atomic E-state index is 11.9. The van der Waals surface area contributed by atoms with E-state index in [4.69, 9.17) is 17.0 Å². The maximum Gasteiger partial charge on any atom is 0.270 e. The summed E-state index contributed by atoms with van der Waals surface area (Å²) in [6.07, 6.45) is 2.72. The number of anilines is 1. The van der Waals surface area contributed by atoms with Crippen molar-refractivity contribution in [3.05, 3.63) is 70.3 Å². The summed E-state index contributed by atoms with van der Waals surface area (Å²) in [6.45, 7) is 0. The molecule has 8 heteroatoms. The average molecular weight is 357 g/mol. The van der Waals surface area contributed by atoms with E-state index in [9.17, 15) is 14.9 Å². The van der Waals surface area contributed by atoms with Gasteiger partial charge in [-0.15, -0.1) is 0 Å². The fraction of sp³-hybridized carbons (Fsp3) is 0.0588. The van der Waals surface area contributed by atoms with Gasteiger partial charge >= 0.3 is 0 Å². The predicted octanol–water partition coefficient (Wildman–Crippen LogP) is 3.13. The van der Waals surface area contributed by atoms with Gasteiger partial charge < -0.3 is 10.1 Å². The lowest BCUT2D eigenvalue weighted by Crippen LogP contribution is -2.32. The summed E-state index contributed by atoms with van der Waals surface area (Å²) in [4.78, 5) is 22.1. The van der Waals surface area contributed by atoms with Crippen LogP contribution in [0, 0.1) is 10.1 Å². The number of carbonyl (C=O) groups excluding carboxylic acids is 1. The number of nitrogens with zero attached hydrogens (tertiary/aromatic N) is 1. The Morgan fingerprint density at radius 2 is 2.00 bits per heavy atom. The Kier molecular flexibility index (Phi) is 6.19. The first kappa shape index (κ1) is 18.1. The van der Waals surface area contributed by atoms with Crippen LogP contribution in [0.4, 0.5) is 11.4 Å². The number of carbonyl (C=O) groups is 1. The third kappa shape index (κ3) is 5.70. The molecule has 7 nitrogen and oxygen atoms in total. The van der Waals surface area contributed by atoms with Gasteiger partial charge in [-0.1, -0.05) is 18.2 Å². The van der Waals surface area contributed by atoms with Gasteiger partial charge in [-0.25, -0.2) is 0 Å². The lowest BCUT2D eigenvalue weighted by atomic mass is 10.2. The Hall–Kier alpha value is -3.26. The first-order chi connectivity index (χ1) is 12.0. The Balaban J connectivity index is 1.93. The summed E-state index contributed by atoms with van der Waals surface area (Å²) in [5, 5.41) is 16.2. The molecule has 0 aromatic heterocycles. The Labute approximate surface area is 149 Å². The van der Waals surface area contributed by atoms with Gasteiger partial charge in [-0.3, -0.25) is 20.2 Å². The molecule has 0 aliphatic rings. The fourth-order valence-corrected chi connectivity index (χ4v) is 2.15. The lowest BCUT2D eigenvalue weighted by Gasteiger charge is -2.09. The summed E-state index contributed by atoms with van der Waals surface area (Å²) >= 11 is 5.07. The van der Waals surface area contributed by atoms with Crippen LogP contribution in [0.25, 0.3) is 6.08 Å². The van der Waals surface area contributed by atoms with Crippen molar-refractivity contribution < 1.29 is 14.5 Å². The van der Waals surface area contributed by atoms with Gasteiger partial charge in [0.1, 0.15) is 5.75 Å². The highest BCUT2D eigenvalue weighted by atomic mass is 32.1. The number of hydrogen-bond acceptors (Lipinski definition) is 5. The summed E-state index contributed by atoms with van der Waals surface area (Å²) < 4.78 is 5.10. The van der Waals surface area contributed by atoms with Crippen molar-refractivity contribution in [1.82, 2.24) is 5.32 Å². The van der Waals surface area contributed by atoms with E-state index in [2.05, 4.69) is 10.6 Å². The second-order valence-corrected chi connectivity index (χ2v) is 5.27. The molecule has 0 aliphatic carbocycles. The highest BCUT2D eigenvalue weighted by Crippen LogP contribution is 2.16. The van der Waals surface area contributed by atoms with E-state index in [-0.39, 0.29) is 10.8 Å². The van der Waals surface area contributed by atoms with Crippen LogP contribution in [0.1, 0.15) is 5.56 Å². The van der Waals surface area contributed by atoms with Crippen molar-refractivity contribution in [3.63, 3.8) is 0 Å². The largest absolute Gasteiger partial charge is 0.497 e. The van der Waals surface area contributed by atoms with Gasteiger partial charge in [-0.2, -0.15) is 0 Å². The smallest absolute Gasteiger partial charge is 0.270 e. The van der Waals surface area contributed by atoms with Crippen LogP contribution in [0.15, 0.2) is 54.6 Å². The zero-order valence-corrected chi connectivity index (χ0v) is 14.1. The van der Waals surface area contributed by atoms with Gasteiger partial charge in [-0.05, 0) is 36.0 Å². The Bertz CT molecular complexity index is 836. The van der Waals surface area contributed by atoms with Crippen LogP contribution in [0.5, 0.6) is 5.75 Å². The number of hydrogen-bond donors (Lipinski definition) is 2. The monoisotopic (exact) mass is 357 g/mol. The molecular formula is C17H15N3O4S. The molecule has 2 aromatic rings. The van der Waals surface area contributed by atoms with Crippen LogP contribution < -0.4 is 15.4 Å². The lowest BCUT2D eigenvalue weighted by molar-refractivity contribution is -0.384. The van der Waals surface area contributed by atoms with Crippen LogP contribution in [0.2, 0.25) is 0 Å². The second-order valence-electron chi connectivity index (χ2n) is 4.86. The molecule has 1 amide bonds. The molecule has 0 unspecified atom stereocenters. The number of thiocarbonyl (C=S) groups is 1. The average Bonchev–Trinajstić information content (AvgIpc) is 2.60. The first-order valence-electron chi connectivity index (χ1n) is 7.16. The third-order valence-corrected chi connectivity index (χ3v) is 3.28. The van der Waals surface area contributed by atoms with Gasteiger partial charge in [0.15, 0.2) is 5.11 Å². The summed E-state index contributed by atoms with van der Waals surface area (Å²) in [7, 11) is 1.55. The third-order valence-electron chi connectivity index (χ3n) is 3.07. The molecule has 128 valence electrons.